The molecule has 0 spiro atoms. The van der Waals surface area contributed by atoms with E-state index in [2.05, 4.69) is 17.0 Å². The first kappa shape index (κ1) is 35.7. The van der Waals surface area contributed by atoms with Gasteiger partial charge in [0.15, 0.2) is 6.29 Å². The number of ether oxygens (including phenoxy) is 2. The van der Waals surface area contributed by atoms with Gasteiger partial charge in [0.05, 0.1) is 30.3 Å². The van der Waals surface area contributed by atoms with Crippen LogP contribution in [0, 0.1) is 12.8 Å². The minimum Gasteiger partial charge on any atom is -0.396 e. The fraction of sp³-hybridized carbons (Fsp3) is 0.324. The molecule has 1 aliphatic rings. The molecule has 0 bridgehead atoms. The minimum atomic E-state index is -4.00. The van der Waals surface area contributed by atoms with E-state index in [1.54, 1.807) is 42.1 Å². The lowest BCUT2D eigenvalue weighted by Crippen LogP contribution is -2.45. The number of rotatable bonds is 14. The Labute approximate surface area is 286 Å². The number of sulfonamides is 1. The molecule has 1 fully saturated rings. The monoisotopic (exact) mass is 690 g/mol. The van der Waals surface area contributed by atoms with Crippen molar-refractivity contribution in [3.05, 3.63) is 131 Å². The SMILES string of the molecule is Cc1ccc(S(=O)(=O)N[C@H](Cc2ccccc2)C(=O)Nc2cccc(C3O[C@H](CSCCO)[C@H](C)[C@H](c4ccc(CO)cc4)O3)c2)cc1. The number of aryl methyl sites for hydroxylation is 1. The number of hydrogen-bond acceptors (Lipinski definition) is 8. The Morgan fingerprint density at radius 3 is 2.29 bits per heavy atom. The van der Waals surface area contributed by atoms with Gasteiger partial charge in [0, 0.05) is 28.7 Å². The van der Waals surface area contributed by atoms with Gasteiger partial charge < -0.3 is 25.0 Å². The zero-order chi connectivity index (χ0) is 34.1. The van der Waals surface area contributed by atoms with Crippen LogP contribution in [0.25, 0.3) is 0 Å². The number of benzene rings is 4. The highest BCUT2D eigenvalue weighted by molar-refractivity contribution is 7.99. The van der Waals surface area contributed by atoms with Gasteiger partial charge in [-0.1, -0.05) is 91.3 Å². The topological polar surface area (TPSA) is 134 Å². The summed E-state index contributed by atoms with van der Waals surface area (Å²) in [6.07, 6.45) is -1.09. The summed E-state index contributed by atoms with van der Waals surface area (Å²) in [4.78, 5) is 13.8. The normalized spacial score (nSPS) is 20.2. The molecule has 1 heterocycles. The van der Waals surface area contributed by atoms with Crippen LogP contribution >= 0.6 is 11.8 Å². The number of thioether (sulfide) groups is 1. The largest absolute Gasteiger partial charge is 0.396 e. The molecule has 1 unspecified atom stereocenters. The highest BCUT2D eigenvalue weighted by atomic mass is 32.2. The first-order chi connectivity index (χ1) is 23.2. The van der Waals surface area contributed by atoms with Crippen LogP contribution in [0.15, 0.2) is 108 Å². The van der Waals surface area contributed by atoms with Gasteiger partial charge in [0.2, 0.25) is 15.9 Å². The molecule has 1 amide bonds. The first-order valence-electron chi connectivity index (χ1n) is 15.9. The Bertz CT molecular complexity index is 1740. The molecule has 11 heteroatoms. The highest BCUT2D eigenvalue weighted by Gasteiger charge is 2.38. The van der Waals surface area contributed by atoms with Gasteiger partial charge in [-0.2, -0.15) is 16.5 Å². The van der Waals surface area contributed by atoms with Crippen molar-refractivity contribution >= 4 is 33.4 Å². The summed E-state index contributed by atoms with van der Waals surface area (Å²) in [6, 6.07) is 29.5. The van der Waals surface area contributed by atoms with Crippen molar-refractivity contribution in [2.24, 2.45) is 5.92 Å². The van der Waals surface area contributed by atoms with E-state index in [1.165, 1.54) is 12.1 Å². The number of carbonyl (C=O) groups is 1. The van der Waals surface area contributed by atoms with Crippen LogP contribution in [-0.2, 0) is 37.3 Å². The second kappa shape index (κ2) is 16.7. The maximum absolute atomic E-state index is 13.8. The van der Waals surface area contributed by atoms with Crippen LogP contribution in [0.3, 0.4) is 0 Å². The summed E-state index contributed by atoms with van der Waals surface area (Å²) in [7, 11) is -4.00. The van der Waals surface area contributed by atoms with Crippen LogP contribution in [0.5, 0.6) is 0 Å². The third-order valence-electron chi connectivity index (χ3n) is 8.30. The first-order valence-corrected chi connectivity index (χ1v) is 18.5. The molecule has 5 rings (SSSR count). The van der Waals surface area contributed by atoms with E-state index in [9.17, 15) is 23.4 Å². The number of aliphatic hydroxyl groups is 2. The van der Waals surface area contributed by atoms with Gasteiger partial charge in [-0.3, -0.25) is 4.79 Å². The second-order valence-electron chi connectivity index (χ2n) is 11.9. The maximum Gasteiger partial charge on any atom is 0.242 e. The average Bonchev–Trinajstić information content (AvgIpc) is 3.09. The van der Waals surface area contributed by atoms with Gasteiger partial charge in [0.25, 0.3) is 0 Å². The number of carbonyl (C=O) groups excluding carboxylic acids is 1. The Kier molecular flexibility index (Phi) is 12.4. The summed E-state index contributed by atoms with van der Waals surface area (Å²) < 4.78 is 42.3. The van der Waals surface area contributed by atoms with Crippen molar-refractivity contribution in [2.45, 2.75) is 56.3 Å². The van der Waals surface area contributed by atoms with E-state index in [-0.39, 0.29) is 42.7 Å². The van der Waals surface area contributed by atoms with Crippen molar-refractivity contribution in [1.29, 1.82) is 0 Å². The molecule has 4 aromatic rings. The average molecular weight is 691 g/mol. The Morgan fingerprint density at radius 2 is 1.60 bits per heavy atom. The number of amides is 1. The third-order valence-corrected chi connectivity index (χ3v) is 10.8. The lowest BCUT2D eigenvalue weighted by molar-refractivity contribution is -0.268. The lowest BCUT2D eigenvalue weighted by atomic mass is 9.91. The van der Waals surface area contributed by atoms with Gasteiger partial charge in [-0.15, -0.1) is 0 Å². The molecule has 254 valence electrons. The molecule has 1 aliphatic heterocycles. The molecule has 4 N–H and O–H groups in total. The summed E-state index contributed by atoms with van der Waals surface area (Å²) in [6.45, 7) is 3.98. The molecule has 9 nitrogen and oxygen atoms in total. The molecule has 5 atom stereocenters. The number of aliphatic hydroxyl groups excluding tert-OH is 2. The smallest absolute Gasteiger partial charge is 0.242 e. The molecule has 4 aromatic carbocycles. The van der Waals surface area contributed by atoms with Crippen LogP contribution in [-0.4, -0.2) is 54.8 Å². The maximum atomic E-state index is 13.8. The molecular weight excluding hydrogens is 649 g/mol. The molecule has 0 radical (unpaired) electrons. The quantitative estimate of drug-likeness (QED) is 0.127. The fourth-order valence-corrected chi connectivity index (χ4v) is 7.68. The van der Waals surface area contributed by atoms with E-state index < -0.39 is 28.3 Å². The fourth-order valence-electron chi connectivity index (χ4n) is 5.58. The molecular formula is C37H42N2O7S2. The van der Waals surface area contributed by atoms with E-state index >= 15 is 0 Å². The predicted octanol–water partition coefficient (Wildman–Crippen LogP) is 5.53. The van der Waals surface area contributed by atoms with E-state index in [4.69, 9.17) is 9.47 Å². The van der Waals surface area contributed by atoms with Crippen molar-refractivity contribution in [3.63, 3.8) is 0 Å². The van der Waals surface area contributed by atoms with Gasteiger partial charge >= 0.3 is 0 Å². The Morgan fingerprint density at radius 1 is 0.875 bits per heavy atom. The van der Waals surface area contributed by atoms with E-state index in [0.29, 0.717) is 22.8 Å². The van der Waals surface area contributed by atoms with Gasteiger partial charge in [-0.05, 0) is 54.3 Å². The zero-order valence-corrected chi connectivity index (χ0v) is 28.6. The Hall–Kier alpha value is -3.55. The van der Waals surface area contributed by atoms with Crippen LogP contribution in [0.1, 0.15) is 47.1 Å². The number of nitrogens with one attached hydrogen (secondary N) is 2. The van der Waals surface area contributed by atoms with Crippen molar-refractivity contribution in [2.75, 3.05) is 23.4 Å². The van der Waals surface area contributed by atoms with E-state index in [0.717, 1.165) is 22.3 Å². The molecule has 0 aliphatic carbocycles. The minimum absolute atomic E-state index is 0.00407. The zero-order valence-electron chi connectivity index (χ0n) is 27.0. The summed E-state index contributed by atoms with van der Waals surface area (Å²) in [5.41, 5.74) is 4.65. The summed E-state index contributed by atoms with van der Waals surface area (Å²) in [5.74, 6) is 0.736. The van der Waals surface area contributed by atoms with Crippen molar-refractivity contribution in [3.8, 4) is 0 Å². The molecule has 48 heavy (non-hydrogen) atoms. The predicted molar refractivity (Wildman–Crippen MR) is 188 cm³/mol. The molecule has 1 saturated heterocycles. The van der Waals surface area contributed by atoms with E-state index in [1.807, 2.05) is 67.6 Å². The summed E-state index contributed by atoms with van der Waals surface area (Å²) in [5, 5.41) is 21.8. The van der Waals surface area contributed by atoms with Crippen LogP contribution < -0.4 is 10.0 Å². The molecule has 0 aromatic heterocycles. The lowest BCUT2D eigenvalue weighted by Gasteiger charge is -2.41. The van der Waals surface area contributed by atoms with Crippen molar-refractivity contribution in [1.82, 2.24) is 4.72 Å². The second-order valence-corrected chi connectivity index (χ2v) is 14.8. The van der Waals surface area contributed by atoms with Crippen LogP contribution in [0.4, 0.5) is 5.69 Å². The number of anilines is 1. The highest BCUT2D eigenvalue weighted by Crippen LogP contribution is 2.42. The molecule has 0 saturated carbocycles. The Balaban J connectivity index is 1.37. The summed E-state index contributed by atoms with van der Waals surface area (Å²) >= 11 is 1.61. The third kappa shape index (κ3) is 9.32. The van der Waals surface area contributed by atoms with Gasteiger partial charge in [0.1, 0.15) is 6.04 Å². The standard InChI is InChI=1S/C37H42N2O7S2/c1-25-11-17-32(18-12-25)48(43,44)39-33(21-27-7-4-3-5-8-27)36(42)38-31-10-6-9-30(22-31)37-45-34(24-47-20-19-40)26(2)35(46-37)29-15-13-28(23-41)14-16-29/h3-18,22,26,33-35,37,39-41H,19-21,23-24H2,1-2H3,(H,38,42)/t26-,33+,34+,35+,37?/m0/s1. The van der Waals surface area contributed by atoms with Crippen LogP contribution in [0.2, 0.25) is 0 Å². The number of hydrogen-bond donors (Lipinski definition) is 4. The van der Waals surface area contributed by atoms with Gasteiger partial charge in [-0.25, -0.2) is 8.42 Å². The van der Waals surface area contributed by atoms with Crippen molar-refractivity contribution < 1.29 is 32.9 Å².